The second-order valence-electron chi connectivity index (χ2n) is 3.77. The van der Waals surface area contributed by atoms with Crippen molar-refractivity contribution >= 4 is 12.2 Å². The zero-order valence-corrected chi connectivity index (χ0v) is 9.87. The van der Waals surface area contributed by atoms with Crippen LogP contribution in [0.2, 0.25) is 0 Å². The third-order valence-electron chi connectivity index (χ3n) is 2.37. The van der Waals surface area contributed by atoms with E-state index in [1.54, 1.807) is 6.21 Å². The van der Waals surface area contributed by atoms with Gasteiger partial charge in [0, 0.05) is 12.1 Å². The van der Waals surface area contributed by atoms with Gasteiger partial charge in [0.1, 0.15) is 6.20 Å². The van der Waals surface area contributed by atoms with Crippen molar-refractivity contribution in [2.24, 2.45) is 5.10 Å². The van der Waals surface area contributed by atoms with Crippen molar-refractivity contribution in [1.29, 1.82) is 0 Å². The molecule has 1 atom stereocenters. The minimum absolute atomic E-state index is 0.169. The van der Waals surface area contributed by atoms with Gasteiger partial charge in [0.25, 0.3) is 5.56 Å². The first-order chi connectivity index (χ1) is 8.75. The van der Waals surface area contributed by atoms with Crippen molar-refractivity contribution < 1.29 is 0 Å². The highest BCUT2D eigenvalue weighted by atomic mass is 16.1. The molecule has 1 aromatic heterocycles. The average Bonchev–Trinajstić information content (AvgIpc) is 2.40. The Morgan fingerprint density at radius 1 is 1.39 bits per heavy atom. The van der Waals surface area contributed by atoms with Crippen LogP contribution in [0.15, 0.2) is 46.4 Å². The number of nitrogens with zero attached hydrogens (tertiary/aromatic N) is 3. The lowest BCUT2D eigenvalue weighted by molar-refractivity contribution is 0.935. The van der Waals surface area contributed by atoms with Gasteiger partial charge in [0.2, 0.25) is 5.95 Å². The second-order valence-corrected chi connectivity index (χ2v) is 3.77. The van der Waals surface area contributed by atoms with Crippen LogP contribution in [0.5, 0.6) is 0 Å². The van der Waals surface area contributed by atoms with Crippen molar-refractivity contribution in [2.75, 3.05) is 5.43 Å². The summed E-state index contributed by atoms with van der Waals surface area (Å²) in [6.07, 6.45) is 2.84. The molecule has 0 aliphatic rings. The largest absolute Gasteiger partial charge is 0.289 e. The molecule has 6 nitrogen and oxygen atoms in total. The minimum atomic E-state index is -0.321. The molecule has 0 radical (unpaired) electrons. The zero-order valence-electron chi connectivity index (χ0n) is 9.87. The number of aromatic nitrogens is 3. The zero-order chi connectivity index (χ0) is 12.8. The highest BCUT2D eigenvalue weighted by Crippen LogP contribution is 2.11. The second kappa shape index (κ2) is 5.72. The van der Waals surface area contributed by atoms with E-state index >= 15 is 0 Å². The Morgan fingerprint density at radius 3 is 2.89 bits per heavy atom. The van der Waals surface area contributed by atoms with Crippen LogP contribution >= 0.6 is 0 Å². The van der Waals surface area contributed by atoms with Crippen LogP contribution < -0.4 is 11.0 Å². The molecule has 92 valence electrons. The molecular formula is C12H13N5O. The summed E-state index contributed by atoms with van der Waals surface area (Å²) in [6.45, 7) is 2.03. The van der Waals surface area contributed by atoms with E-state index < -0.39 is 0 Å². The molecule has 0 amide bonds. The average molecular weight is 243 g/mol. The van der Waals surface area contributed by atoms with Gasteiger partial charge in [0.05, 0.1) is 0 Å². The quantitative estimate of drug-likeness (QED) is 0.627. The van der Waals surface area contributed by atoms with Gasteiger partial charge >= 0.3 is 0 Å². The summed E-state index contributed by atoms with van der Waals surface area (Å²) in [5, 5.41) is 11.2. The molecule has 0 bridgehead atoms. The molecule has 0 aliphatic carbocycles. The van der Waals surface area contributed by atoms with Crippen LogP contribution in [0, 0.1) is 0 Å². The van der Waals surface area contributed by atoms with E-state index in [1.807, 2.05) is 37.3 Å². The van der Waals surface area contributed by atoms with Crippen molar-refractivity contribution in [3.05, 3.63) is 52.4 Å². The van der Waals surface area contributed by atoms with Crippen LogP contribution in [0.1, 0.15) is 18.4 Å². The van der Waals surface area contributed by atoms with Gasteiger partial charge < -0.3 is 0 Å². The first-order valence-corrected chi connectivity index (χ1v) is 5.52. The van der Waals surface area contributed by atoms with Crippen molar-refractivity contribution in [3.63, 3.8) is 0 Å². The Balaban J connectivity index is 1.98. The van der Waals surface area contributed by atoms with Gasteiger partial charge in [-0.05, 0) is 5.56 Å². The van der Waals surface area contributed by atoms with Gasteiger partial charge in [-0.1, -0.05) is 37.3 Å². The molecule has 18 heavy (non-hydrogen) atoms. The molecule has 1 unspecified atom stereocenters. The number of rotatable bonds is 4. The van der Waals surface area contributed by atoms with Gasteiger partial charge in [-0.15, -0.1) is 10.2 Å². The number of aromatic amines is 1. The maximum Gasteiger partial charge on any atom is 0.271 e. The lowest BCUT2D eigenvalue weighted by Gasteiger charge is -2.05. The molecule has 6 heteroatoms. The Bertz CT molecular complexity index is 578. The fourth-order valence-corrected chi connectivity index (χ4v) is 1.42. The van der Waals surface area contributed by atoms with Gasteiger partial charge in [-0.3, -0.25) is 9.78 Å². The molecule has 2 N–H and O–H groups in total. The standard InChI is InChI=1S/C12H13N5O/c1-9(10-5-3-2-4-6-10)7-13-16-12-15-11(18)8-14-17-12/h2-9H,1H3,(H2,15,16,17,18). The summed E-state index contributed by atoms with van der Waals surface area (Å²) in [6, 6.07) is 9.98. The summed E-state index contributed by atoms with van der Waals surface area (Å²) < 4.78 is 0. The third-order valence-corrected chi connectivity index (χ3v) is 2.37. The van der Waals surface area contributed by atoms with E-state index in [-0.39, 0.29) is 17.4 Å². The van der Waals surface area contributed by atoms with Crippen LogP contribution in [0.4, 0.5) is 5.95 Å². The lowest BCUT2D eigenvalue weighted by Crippen LogP contribution is -2.10. The number of hydrogen-bond acceptors (Lipinski definition) is 5. The van der Waals surface area contributed by atoms with E-state index in [1.165, 1.54) is 0 Å². The summed E-state index contributed by atoms with van der Waals surface area (Å²) >= 11 is 0. The number of H-pyrrole nitrogens is 1. The van der Waals surface area contributed by atoms with E-state index in [0.717, 1.165) is 11.8 Å². The van der Waals surface area contributed by atoms with Gasteiger partial charge in [0.15, 0.2) is 0 Å². The fraction of sp³-hybridized carbons (Fsp3) is 0.167. The predicted octanol–water partition coefficient (Wildman–Crippen LogP) is 1.37. The van der Waals surface area contributed by atoms with E-state index in [4.69, 9.17) is 0 Å². The van der Waals surface area contributed by atoms with E-state index in [9.17, 15) is 4.79 Å². The van der Waals surface area contributed by atoms with Gasteiger partial charge in [-0.25, -0.2) is 5.43 Å². The number of anilines is 1. The molecule has 1 heterocycles. The first kappa shape index (κ1) is 12.0. The number of hydrogen-bond donors (Lipinski definition) is 2. The number of hydrazone groups is 1. The minimum Gasteiger partial charge on any atom is -0.289 e. The maximum atomic E-state index is 11.0. The van der Waals surface area contributed by atoms with Crippen LogP contribution in [0.3, 0.4) is 0 Å². The SMILES string of the molecule is CC(C=NNc1nncc(=O)[nH]1)c1ccccc1. The van der Waals surface area contributed by atoms with Crippen molar-refractivity contribution in [2.45, 2.75) is 12.8 Å². The van der Waals surface area contributed by atoms with Crippen LogP contribution in [0.25, 0.3) is 0 Å². The Labute approximate surface area is 104 Å². The van der Waals surface area contributed by atoms with Crippen molar-refractivity contribution in [1.82, 2.24) is 15.2 Å². The fourth-order valence-electron chi connectivity index (χ4n) is 1.42. The van der Waals surface area contributed by atoms with Crippen molar-refractivity contribution in [3.8, 4) is 0 Å². The molecule has 1 aromatic carbocycles. The van der Waals surface area contributed by atoms with Crippen LogP contribution in [-0.2, 0) is 0 Å². The Hall–Kier alpha value is -2.50. The smallest absolute Gasteiger partial charge is 0.271 e. The Kier molecular flexibility index (Phi) is 3.80. The molecular weight excluding hydrogens is 230 g/mol. The highest BCUT2D eigenvalue weighted by Gasteiger charge is 2.00. The number of benzene rings is 1. The molecule has 0 fully saturated rings. The molecule has 0 spiro atoms. The third kappa shape index (κ3) is 3.24. The summed E-state index contributed by atoms with van der Waals surface area (Å²) in [4.78, 5) is 13.4. The summed E-state index contributed by atoms with van der Waals surface area (Å²) in [5.41, 5.74) is 3.47. The molecule has 0 saturated heterocycles. The van der Waals surface area contributed by atoms with Gasteiger partial charge in [-0.2, -0.15) is 5.10 Å². The number of nitrogens with one attached hydrogen (secondary N) is 2. The van der Waals surface area contributed by atoms with E-state index in [2.05, 4.69) is 25.7 Å². The highest BCUT2D eigenvalue weighted by molar-refractivity contribution is 5.67. The predicted molar refractivity (Wildman–Crippen MR) is 69.6 cm³/mol. The Morgan fingerprint density at radius 2 is 2.17 bits per heavy atom. The van der Waals surface area contributed by atoms with E-state index in [0.29, 0.717) is 0 Å². The monoisotopic (exact) mass is 243 g/mol. The lowest BCUT2D eigenvalue weighted by atomic mass is 10.0. The summed E-state index contributed by atoms with van der Waals surface area (Å²) in [7, 11) is 0. The molecule has 0 saturated carbocycles. The molecule has 2 rings (SSSR count). The normalized spacial score (nSPS) is 12.5. The topological polar surface area (TPSA) is 83.0 Å². The first-order valence-electron chi connectivity index (χ1n) is 5.52. The van der Waals surface area contributed by atoms with Crippen LogP contribution in [-0.4, -0.2) is 21.4 Å². The molecule has 2 aromatic rings. The molecule has 0 aliphatic heterocycles. The summed E-state index contributed by atoms with van der Waals surface area (Å²) in [5.74, 6) is 0.390. The maximum absolute atomic E-state index is 11.0.